The molecule has 0 aromatic heterocycles. The van der Waals surface area contributed by atoms with E-state index in [0.717, 1.165) is 0 Å². The van der Waals surface area contributed by atoms with Crippen molar-refractivity contribution in [3.63, 3.8) is 0 Å². The lowest BCUT2D eigenvalue weighted by molar-refractivity contribution is 0.508. The molecule has 0 aliphatic heterocycles. The van der Waals surface area contributed by atoms with Gasteiger partial charge in [0.05, 0.1) is 0 Å². The van der Waals surface area contributed by atoms with Crippen LogP contribution in [0.15, 0.2) is 24.3 Å². The molecule has 0 amide bonds. The van der Waals surface area contributed by atoms with Gasteiger partial charge in [-0.15, -0.1) is 0 Å². The second-order valence-electron chi connectivity index (χ2n) is 2.22. The fourth-order valence-electron chi connectivity index (χ4n) is 0.739. The smallest absolute Gasteiger partial charge is 0.281 e. The molecule has 0 heterocycles. The van der Waals surface area contributed by atoms with E-state index in [1.165, 1.54) is 12.1 Å². The van der Waals surface area contributed by atoms with Gasteiger partial charge in [-0.1, -0.05) is 18.2 Å². The van der Waals surface area contributed by atoms with Crippen molar-refractivity contribution in [3.8, 4) is 5.92 Å². The van der Waals surface area contributed by atoms with Crippen molar-refractivity contribution in [2.45, 2.75) is 0 Å². The summed E-state index contributed by atoms with van der Waals surface area (Å²) in [6.45, 7) is -3.44. The first kappa shape index (κ1) is 9.41. The SMILES string of the molecule is [C]#Cc1ccc(P(=O)(O)S)cc1. The zero-order valence-corrected chi connectivity index (χ0v) is 7.85. The molecule has 0 saturated heterocycles. The Morgan fingerprint density at radius 3 is 2.25 bits per heavy atom. The van der Waals surface area contributed by atoms with Gasteiger partial charge in [-0.3, -0.25) is 4.57 Å². The molecule has 1 rings (SSSR count). The summed E-state index contributed by atoms with van der Waals surface area (Å²) in [5, 5.41) is 0.268. The zero-order valence-electron chi connectivity index (χ0n) is 6.06. The molecule has 1 N–H and O–H groups in total. The Kier molecular flexibility index (Phi) is 2.64. The molecule has 61 valence electrons. The van der Waals surface area contributed by atoms with Crippen LogP contribution in [-0.4, -0.2) is 4.89 Å². The molecule has 1 radical (unpaired) electrons. The lowest BCUT2D eigenvalue weighted by Gasteiger charge is -2.02. The first-order valence-electron chi connectivity index (χ1n) is 3.13. The fourth-order valence-corrected chi connectivity index (χ4v) is 1.68. The summed E-state index contributed by atoms with van der Waals surface area (Å²) in [7, 11) is 0. The van der Waals surface area contributed by atoms with Crippen LogP contribution in [0.3, 0.4) is 0 Å². The van der Waals surface area contributed by atoms with Crippen molar-refractivity contribution in [3.05, 3.63) is 36.3 Å². The van der Waals surface area contributed by atoms with Crippen LogP contribution in [0.5, 0.6) is 0 Å². The predicted octanol–water partition coefficient (Wildman–Crippen LogP) is 1.36. The minimum atomic E-state index is -3.44. The van der Waals surface area contributed by atoms with Gasteiger partial charge in [-0.2, -0.15) is 0 Å². The van der Waals surface area contributed by atoms with Crippen molar-refractivity contribution in [2.24, 2.45) is 0 Å². The summed E-state index contributed by atoms with van der Waals surface area (Å²) >= 11 is 3.55. The van der Waals surface area contributed by atoms with Crippen LogP contribution in [0.4, 0.5) is 0 Å². The Balaban J connectivity index is 3.11. The lowest BCUT2D eigenvalue weighted by atomic mass is 10.2. The minimum Gasteiger partial charge on any atom is -0.334 e. The molecule has 12 heavy (non-hydrogen) atoms. The van der Waals surface area contributed by atoms with Gasteiger partial charge in [0, 0.05) is 10.9 Å². The van der Waals surface area contributed by atoms with E-state index in [9.17, 15) is 4.57 Å². The van der Waals surface area contributed by atoms with Crippen molar-refractivity contribution in [2.75, 3.05) is 0 Å². The third-order valence-corrected chi connectivity index (χ3v) is 3.01. The summed E-state index contributed by atoms with van der Waals surface area (Å²) in [5.74, 6) is 2.16. The average molecular weight is 197 g/mol. The van der Waals surface area contributed by atoms with Crippen LogP contribution >= 0.6 is 18.8 Å². The summed E-state index contributed by atoms with van der Waals surface area (Å²) in [5.41, 5.74) is 0.570. The van der Waals surface area contributed by atoms with Gasteiger partial charge in [0.1, 0.15) is 0 Å². The number of hydrogen-bond donors (Lipinski definition) is 2. The summed E-state index contributed by atoms with van der Waals surface area (Å²) in [4.78, 5) is 9.01. The molecule has 0 aliphatic rings. The molecule has 0 fully saturated rings. The second kappa shape index (κ2) is 3.37. The van der Waals surface area contributed by atoms with Crippen LogP contribution in [0, 0.1) is 12.3 Å². The number of thiol groups is 1. The van der Waals surface area contributed by atoms with Crippen molar-refractivity contribution in [1.82, 2.24) is 0 Å². The van der Waals surface area contributed by atoms with Crippen LogP contribution in [0.2, 0.25) is 0 Å². The van der Waals surface area contributed by atoms with Crippen LogP contribution in [0.25, 0.3) is 0 Å². The van der Waals surface area contributed by atoms with Crippen LogP contribution < -0.4 is 5.30 Å². The van der Waals surface area contributed by atoms with Gasteiger partial charge in [0.25, 0.3) is 6.57 Å². The van der Waals surface area contributed by atoms with E-state index in [1.54, 1.807) is 12.1 Å². The standard InChI is InChI=1S/C8H6O2PS/c1-2-7-3-5-8(6-4-7)11(9,10)12/h3-6H,(H2,9,10,12). The first-order valence-corrected chi connectivity index (χ1v) is 5.94. The molecule has 1 atom stereocenters. The highest BCUT2D eigenvalue weighted by Gasteiger charge is 2.13. The Labute approximate surface area is 76.2 Å². The molecule has 0 saturated carbocycles. The molecule has 4 heteroatoms. The molecule has 1 unspecified atom stereocenters. The van der Waals surface area contributed by atoms with Crippen molar-refractivity contribution in [1.29, 1.82) is 0 Å². The fraction of sp³-hybridized carbons (Fsp3) is 0. The first-order chi connectivity index (χ1) is 5.54. The highest BCUT2D eigenvalue weighted by molar-refractivity contribution is 8.48. The van der Waals surface area contributed by atoms with Crippen molar-refractivity contribution < 1.29 is 9.46 Å². The molecule has 2 nitrogen and oxygen atoms in total. The van der Waals surface area contributed by atoms with Crippen molar-refractivity contribution >= 4 is 24.1 Å². The van der Waals surface area contributed by atoms with Crippen LogP contribution in [0.1, 0.15) is 5.56 Å². The summed E-state index contributed by atoms with van der Waals surface area (Å²) in [6.07, 6.45) is 6.77. The third-order valence-electron chi connectivity index (χ3n) is 1.35. The molecule has 0 bridgehead atoms. The molecule has 1 aromatic carbocycles. The van der Waals surface area contributed by atoms with Gasteiger partial charge in [0.2, 0.25) is 0 Å². The third kappa shape index (κ3) is 2.15. The van der Waals surface area contributed by atoms with Gasteiger partial charge in [-0.25, -0.2) is 0 Å². The lowest BCUT2D eigenvalue weighted by Crippen LogP contribution is -1.98. The van der Waals surface area contributed by atoms with E-state index in [1.807, 2.05) is 0 Å². The normalized spacial score (nSPS) is 14.8. The maximum Gasteiger partial charge on any atom is 0.281 e. The van der Waals surface area contributed by atoms with Gasteiger partial charge < -0.3 is 4.89 Å². The predicted molar refractivity (Wildman–Crippen MR) is 51.1 cm³/mol. The minimum absolute atomic E-state index is 0.268. The van der Waals surface area contributed by atoms with E-state index in [0.29, 0.717) is 5.56 Å². The maximum atomic E-state index is 11.0. The average Bonchev–Trinajstić information content (AvgIpc) is 2.03. The Bertz CT molecular complexity index is 358. The number of rotatable bonds is 1. The molecule has 1 aromatic rings. The second-order valence-corrected chi connectivity index (χ2v) is 5.45. The molecule has 0 spiro atoms. The van der Waals surface area contributed by atoms with E-state index < -0.39 is 6.57 Å². The van der Waals surface area contributed by atoms with Gasteiger partial charge >= 0.3 is 0 Å². The van der Waals surface area contributed by atoms with E-state index in [-0.39, 0.29) is 5.30 Å². The van der Waals surface area contributed by atoms with Gasteiger partial charge in [0.15, 0.2) is 0 Å². The highest BCUT2D eigenvalue weighted by atomic mass is 32.7. The summed E-state index contributed by atoms with van der Waals surface area (Å²) in [6, 6.07) is 6.01. The largest absolute Gasteiger partial charge is 0.334 e. The van der Waals surface area contributed by atoms with E-state index >= 15 is 0 Å². The number of hydrogen-bond acceptors (Lipinski definition) is 1. The van der Waals surface area contributed by atoms with Gasteiger partial charge in [-0.05, 0) is 30.7 Å². The molecular weight excluding hydrogens is 191 g/mol. The number of benzene rings is 1. The van der Waals surface area contributed by atoms with E-state index in [2.05, 4.69) is 18.2 Å². The molecular formula is C8H6O2PS. The maximum absolute atomic E-state index is 11.0. The monoisotopic (exact) mass is 197 g/mol. The Hall–Kier alpha value is -0.680. The van der Waals surface area contributed by atoms with E-state index in [4.69, 9.17) is 11.3 Å². The van der Waals surface area contributed by atoms with Crippen LogP contribution in [-0.2, 0) is 4.57 Å². The quantitative estimate of drug-likeness (QED) is 0.405. The topological polar surface area (TPSA) is 37.3 Å². The Morgan fingerprint density at radius 2 is 1.92 bits per heavy atom. The Morgan fingerprint density at radius 1 is 1.42 bits per heavy atom. The summed E-state index contributed by atoms with van der Waals surface area (Å²) < 4.78 is 11.0. The zero-order chi connectivity index (χ0) is 9.19. The molecule has 0 aliphatic carbocycles. The highest BCUT2D eigenvalue weighted by Crippen LogP contribution is 2.43.